The Morgan fingerprint density at radius 2 is 2.00 bits per heavy atom. The summed E-state index contributed by atoms with van der Waals surface area (Å²) in [4.78, 5) is 36.8. The number of fused-ring (bicyclic) bond motifs is 3. The largest absolute Gasteiger partial charge is 0.481 e. The van der Waals surface area contributed by atoms with Gasteiger partial charge in [0.25, 0.3) is 0 Å². The third-order valence-corrected chi connectivity index (χ3v) is 6.54. The third kappa shape index (κ3) is 4.02. The molecular formula is C12H17N5O10P2. The number of aliphatic imine (C=N–C) groups is 1. The number of aliphatic hydroxyl groups is 2. The number of rotatable bonds is 6. The van der Waals surface area contributed by atoms with Crippen LogP contribution >= 0.6 is 15.6 Å². The van der Waals surface area contributed by atoms with Gasteiger partial charge in [-0.1, -0.05) is 0 Å². The number of phosphoric ester groups is 1. The topological polar surface area (TPSA) is 208 Å². The molecule has 0 bridgehead atoms. The van der Waals surface area contributed by atoms with Crippen molar-refractivity contribution in [3.05, 3.63) is 24.4 Å². The number of aliphatic hydroxyl groups excluding tert-OH is 2. The molecule has 1 fully saturated rings. The second kappa shape index (κ2) is 7.25. The van der Waals surface area contributed by atoms with Crippen LogP contribution in [0.5, 0.6) is 0 Å². The first kappa shape index (κ1) is 20.6. The number of ether oxygens (including phenoxy) is 1. The van der Waals surface area contributed by atoms with Gasteiger partial charge in [-0.3, -0.25) is 9.09 Å². The number of hydrogen-bond acceptors (Lipinski definition) is 11. The number of imidazole rings is 1. The van der Waals surface area contributed by atoms with Gasteiger partial charge >= 0.3 is 15.6 Å². The minimum atomic E-state index is -5.28. The number of hydrogen-bond donors (Lipinski definition) is 6. The normalized spacial score (nSPS) is 32.7. The zero-order valence-corrected chi connectivity index (χ0v) is 16.2. The van der Waals surface area contributed by atoms with Crippen LogP contribution in [0.1, 0.15) is 18.1 Å². The van der Waals surface area contributed by atoms with Crippen molar-refractivity contribution in [1.82, 2.24) is 19.8 Å². The summed E-state index contributed by atoms with van der Waals surface area (Å²) in [7, 11) is -10.4. The summed E-state index contributed by atoms with van der Waals surface area (Å²) < 4.78 is 37.3. The number of nitrogens with one attached hydrogen (secondary N) is 1. The summed E-state index contributed by atoms with van der Waals surface area (Å²) >= 11 is 0. The van der Waals surface area contributed by atoms with Gasteiger partial charge in [-0.25, -0.2) is 19.1 Å². The van der Waals surface area contributed by atoms with Crippen molar-refractivity contribution in [1.29, 1.82) is 0 Å². The maximum absolute atomic E-state index is 11.5. The van der Waals surface area contributed by atoms with Crippen molar-refractivity contribution in [2.75, 3.05) is 6.61 Å². The Labute approximate surface area is 162 Å². The van der Waals surface area contributed by atoms with Crippen LogP contribution in [0.3, 0.4) is 0 Å². The van der Waals surface area contributed by atoms with Crippen LogP contribution in [-0.4, -0.2) is 70.6 Å². The second-order valence-electron chi connectivity index (χ2n) is 6.32. The molecule has 1 aromatic heterocycles. The molecule has 1 saturated heterocycles. The summed E-state index contributed by atoms with van der Waals surface area (Å²) in [5.74, 6) is 0.373. The predicted molar refractivity (Wildman–Crippen MR) is 92.1 cm³/mol. The quantitative estimate of drug-likeness (QED) is 0.279. The van der Waals surface area contributed by atoms with Crippen LogP contribution in [0.2, 0.25) is 0 Å². The molecule has 0 amide bonds. The molecule has 15 nitrogen and oxygen atoms in total. The van der Waals surface area contributed by atoms with E-state index in [0.717, 1.165) is 0 Å². The highest BCUT2D eigenvalue weighted by molar-refractivity contribution is 7.60. The average Bonchev–Trinajstić information content (AvgIpc) is 3.29. The van der Waals surface area contributed by atoms with E-state index in [0.29, 0.717) is 11.5 Å². The Kier molecular flexibility index (Phi) is 5.16. The molecule has 4 heterocycles. The molecule has 0 aliphatic carbocycles. The van der Waals surface area contributed by atoms with Crippen molar-refractivity contribution in [2.24, 2.45) is 4.99 Å². The molecule has 0 aromatic carbocycles. The molecule has 3 aliphatic rings. The average molecular weight is 453 g/mol. The Hall–Kier alpha value is -1.64. The summed E-state index contributed by atoms with van der Waals surface area (Å²) in [6.45, 7) is -0.787. The summed E-state index contributed by atoms with van der Waals surface area (Å²) in [6, 6.07) is 0. The van der Waals surface area contributed by atoms with Crippen LogP contribution < -0.4 is 5.32 Å². The van der Waals surface area contributed by atoms with E-state index < -0.39 is 46.8 Å². The third-order valence-electron chi connectivity index (χ3n) is 4.39. The molecule has 1 aromatic rings. The summed E-state index contributed by atoms with van der Waals surface area (Å²) in [6.07, 6.45) is 0.657. The van der Waals surface area contributed by atoms with Gasteiger partial charge in [0.1, 0.15) is 24.0 Å². The van der Waals surface area contributed by atoms with E-state index in [-0.39, 0.29) is 6.17 Å². The lowest BCUT2D eigenvalue weighted by Gasteiger charge is -2.25. The van der Waals surface area contributed by atoms with Crippen molar-refractivity contribution in [3.8, 4) is 0 Å². The molecule has 0 spiro atoms. The van der Waals surface area contributed by atoms with Gasteiger partial charge in [0.2, 0.25) is 0 Å². The number of phosphoric acid groups is 2. The molecule has 3 aliphatic heterocycles. The molecule has 6 atom stereocenters. The minimum absolute atomic E-state index is 0.281. The Bertz CT molecular complexity index is 946. The highest BCUT2D eigenvalue weighted by Gasteiger charge is 2.46. The SMILES string of the molecule is O=P(O)(O)OP(=O)(O)OC[C@H]1O[C@@H](n2cnc3c2N=CN2C=CNC32)[C@H](O)[C@@H]1O. The van der Waals surface area contributed by atoms with Crippen LogP contribution in [0.25, 0.3) is 0 Å². The highest BCUT2D eigenvalue weighted by atomic mass is 31.3. The van der Waals surface area contributed by atoms with Gasteiger partial charge in [-0.15, -0.1) is 0 Å². The van der Waals surface area contributed by atoms with Crippen LogP contribution in [0.4, 0.5) is 5.82 Å². The molecule has 0 radical (unpaired) electrons. The molecule has 4 rings (SSSR count). The van der Waals surface area contributed by atoms with E-state index in [2.05, 4.69) is 24.1 Å². The van der Waals surface area contributed by atoms with Crippen molar-refractivity contribution in [3.63, 3.8) is 0 Å². The minimum Gasteiger partial charge on any atom is -0.387 e. The lowest BCUT2D eigenvalue weighted by atomic mass is 10.1. The maximum atomic E-state index is 11.5. The fraction of sp³-hybridized carbons (Fsp3) is 0.500. The smallest absolute Gasteiger partial charge is 0.387 e. The Morgan fingerprint density at radius 3 is 2.72 bits per heavy atom. The van der Waals surface area contributed by atoms with Gasteiger partial charge in [0, 0.05) is 12.4 Å². The first-order valence-electron chi connectivity index (χ1n) is 8.13. The number of nitrogens with zero attached hydrogens (tertiary/aromatic N) is 4. The van der Waals surface area contributed by atoms with E-state index in [9.17, 15) is 24.2 Å². The molecular weight excluding hydrogens is 436 g/mol. The molecule has 160 valence electrons. The lowest BCUT2D eigenvalue weighted by Crippen LogP contribution is -2.33. The number of aromatic nitrogens is 2. The molecule has 0 saturated carbocycles. The van der Waals surface area contributed by atoms with E-state index in [1.165, 1.54) is 10.9 Å². The first-order chi connectivity index (χ1) is 13.6. The predicted octanol–water partition coefficient (Wildman–Crippen LogP) is -1.22. The van der Waals surface area contributed by atoms with Gasteiger partial charge in [-0.05, 0) is 0 Å². The highest BCUT2D eigenvalue weighted by Crippen LogP contribution is 2.57. The van der Waals surface area contributed by atoms with Crippen molar-refractivity contribution in [2.45, 2.75) is 30.7 Å². The fourth-order valence-corrected chi connectivity index (χ4v) is 4.74. The first-order valence-corrected chi connectivity index (χ1v) is 11.2. The molecule has 29 heavy (non-hydrogen) atoms. The van der Waals surface area contributed by atoms with E-state index in [4.69, 9.17) is 14.5 Å². The monoisotopic (exact) mass is 453 g/mol. The lowest BCUT2D eigenvalue weighted by molar-refractivity contribution is -0.0512. The molecule has 17 heteroatoms. The zero-order chi connectivity index (χ0) is 21.0. The van der Waals surface area contributed by atoms with Gasteiger partial charge in [0.15, 0.2) is 18.2 Å². The van der Waals surface area contributed by atoms with Gasteiger partial charge in [0.05, 0.1) is 19.3 Å². The molecule has 6 N–H and O–H groups in total. The van der Waals surface area contributed by atoms with Crippen molar-refractivity contribution < 1.29 is 47.6 Å². The standard InChI is InChI=1S/C12H17N5O10P2/c18-8-6(3-25-29(23,24)27-28(20,21)22)26-12(9(8)19)17-5-14-7-10-13-1-2-16(10)4-15-11(7)17/h1-2,4-6,8-10,12-13,18-19H,3H2,(H,23,24)(H2,20,21,22)/t6-,8-,9-,10?,12-/m1/s1. The van der Waals surface area contributed by atoms with Gasteiger partial charge < -0.3 is 39.8 Å². The Morgan fingerprint density at radius 1 is 1.24 bits per heavy atom. The van der Waals surface area contributed by atoms with Crippen molar-refractivity contribution >= 4 is 27.8 Å². The zero-order valence-electron chi connectivity index (χ0n) is 14.4. The van der Waals surface area contributed by atoms with Crippen LogP contribution in [-0.2, 0) is 22.7 Å². The summed E-state index contributed by atoms with van der Waals surface area (Å²) in [5, 5.41) is 23.6. The van der Waals surface area contributed by atoms with E-state index in [1.807, 2.05) is 0 Å². The second-order valence-corrected chi connectivity index (χ2v) is 9.15. The maximum Gasteiger partial charge on any atom is 0.481 e. The van der Waals surface area contributed by atoms with E-state index >= 15 is 0 Å². The van der Waals surface area contributed by atoms with Gasteiger partial charge in [-0.2, -0.15) is 4.31 Å². The van der Waals surface area contributed by atoms with Crippen LogP contribution in [0, 0.1) is 0 Å². The fourth-order valence-electron chi connectivity index (χ4n) is 3.14. The molecule has 2 unspecified atom stereocenters. The Balaban J connectivity index is 1.47. The summed E-state index contributed by atoms with van der Waals surface area (Å²) in [5.41, 5.74) is 0.553. The van der Waals surface area contributed by atoms with E-state index in [1.54, 1.807) is 23.6 Å². The van der Waals surface area contributed by atoms with Crippen LogP contribution in [0.15, 0.2) is 23.7 Å².